The van der Waals surface area contributed by atoms with Gasteiger partial charge in [0.15, 0.2) is 0 Å². The third-order valence-electron chi connectivity index (χ3n) is 2.31. The number of nitrogens with one attached hydrogen (secondary N) is 1. The minimum atomic E-state index is 0.293. The van der Waals surface area contributed by atoms with Crippen molar-refractivity contribution in [1.29, 1.82) is 0 Å². The molecule has 0 aromatic heterocycles. The highest BCUT2D eigenvalue weighted by Gasteiger charge is 1.98. The quantitative estimate of drug-likeness (QED) is 0.779. The first-order chi connectivity index (χ1) is 7.20. The topological polar surface area (TPSA) is 38.0 Å². The highest BCUT2D eigenvalue weighted by atomic mass is 79.9. The predicted molar refractivity (Wildman–Crippen MR) is 69.0 cm³/mol. The fourth-order valence-electron chi connectivity index (χ4n) is 1.38. The number of hydrogen-bond donors (Lipinski definition) is 2. The predicted octanol–water partition coefficient (Wildman–Crippen LogP) is 2.32. The maximum atomic E-state index is 5.66. The Hall–Kier alpha value is -0.380. The summed E-state index contributed by atoms with van der Waals surface area (Å²) in [4.78, 5) is 0. The van der Waals surface area contributed by atoms with Gasteiger partial charge in [-0.25, -0.2) is 0 Å². The molecule has 0 radical (unpaired) electrons. The van der Waals surface area contributed by atoms with Crippen LogP contribution in [0.1, 0.15) is 18.9 Å². The maximum absolute atomic E-state index is 5.66. The lowest BCUT2D eigenvalue weighted by molar-refractivity contribution is 0.590. The van der Waals surface area contributed by atoms with E-state index in [0.29, 0.717) is 6.04 Å². The van der Waals surface area contributed by atoms with Gasteiger partial charge in [0, 0.05) is 10.5 Å². The molecule has 0 fully saturated rings. The summed E-state index contributed by atoms with van der Waals surface area (Å²) in [6, 6.07) is 8.63. The Balaban J connectivity index is 2.18. The van der Waals surface area contributed by atoms with Gasteiger partial charge in [-0.2, -0.15) is 0 Å². The lowest BCUT2D eigenvalue weighted by Gasteiger charge is -2.07. The Morgan fingerprint density at radius 3 is 2.73 bits per heavy atom. The van der Waals surface area contributed by atoms with Gasteiger partial charge >= 0.3 is 0 Å². The molecule has 1 unspecified atom stereocenters. The Kier molecular flexibility index (Phi) is 5.91. The molecule has 84 valence electrons. The summed E-state index contributed by atoms with van der Waals surface area (Å²) in [5.41, 5.74) is 7.01. The molecule has 0 spiro atoms. The SMILES string of the molecule is CC(N)CCNCCc1ccccc1Br. The number of nitrogens with two attached hydrogens (primary N) is 1. The fourth-order valence-corrected chi connectivity index (χ4v) is 1.86. The molecule has 0 aliphatic rings. The van der Waals surface area contributed by atoms with Crippen LogP contribution in [0.2, 0.25) is 0 Å². The van der Waals surface area contributed by atoms with Gasteiger partial charge in [-0.3, -0.25) is 0 Å². The van der Waals surface area contributed by atoms with E-state index in [1.54, 1.807) is 0 Å². The van der Waals surface area contributed by atoms with Crippen LogP contribution < -0.4 is 11.1 Å². The molecule has 0 saturated carbocycles. The van der Waals surface area contributed by atoms with Crippen LogP contribution in [-0.2, 0) is 6.42 Å². The summed E-state index contributed by atoms with van der Waals surface area (Å²) in [5, 5.41) is 3.39. The van der Waals surface area contributed by atoms with E-state index in [9.17, 15) is 0 Å². The standard InChI is InChI=1S/C12H19BrN2/c1-10(14)6-8-15-9-7-11-4-2-3-5-12(11)13/h2-5,10,15H,6-9,14H2,1H3. The lowest BCUT2D eigenvalue weighted by Crippen LogP contribution is -2.25. The normalized spacial score (nSPS) is 12.7. The molecule has 1 atom stereocenters. The molecule has 0 amide bonds. The largest absolute Gasteiger partial charge is 0.328 e. The molecule has 2 nitrogen and oxygen atoms in total. The van der Waals surface area contributed by atoms with Crippen molar-refractivity contribution in [2.75, 3.05) is 13.1 Å². The van der Waals surface area contributed by atoms with Crippen molar-refractivity contribution in [1.82, 2.24) is 5.32 Å². The van der Waals surface area contributed by atoms with E-state index in [1.807, 2.05) is 13.0 Å². The molecular formula is C12H19BrN2. The minimum Gasteiger partial charge on any atom is -0.328 e. The second-order valence-corrected chi connectivity index (χ2v) is 4.71. The van der Waals surface area contributed by atoms with Crippen LogP contribution in [0.25, 0.3) is 0 Å². The van der Waals surface area contributed by atoms with Gasteiger partial charge in [0.1, 0.15) is 0 Å². The average molecular weight is 271 g/mol. The van der Waals surface area contributed by atoms with Gasteiger partial charge in [0.2, 0.25) is 0 Å². The highest BCUT2D eigenvalue weighted by Crippen LogP contribution is 2.15. The van der Waals surface area contributed by atoms with Crippen molar-refractivity contribution in [3.63, 3.8) is 0 Å². The Labute approximate surface area is 100 Å². The van der Waals surface area contributed by atoms with Gasteiger partial charge in [-0.1, -0.05) is 34.1 Å². The molecule has 1 aromatic carbocycles. The number of hydrogen-bond acceptors (Lipinski definition) is 2. The van der Waals surface area contributed by atoms with Gasteiger partial charge in [0.25, 0.3) is 0 Å². The summed E-state index contributed by atoms with van der Waals surface area (Å²) in [7, 11) is 0. The molecule has 0 aliphatic heterocycles. The zero-order valence-corrected chi connectivity index (χ0v) is 10.8. The molecule has 15 heavy (non-hydrogen) atoms. The van der Waals surface area contributed by atoms with Crippen LogP contribution in [0.5, 0.6) is 0 Å². The van der Waals surface area contributed by atoms with Crippen LogP contribution >= 0.6 is 15.9 Å². The maximum Gasteiger partial charge on any atom is 0.0207 e. The first kappa shape index (κ1) is 12.7. The second kappa shape index (κ2) is 6.99. The lowest BCUT2D eigenvalue weighted by atomic mass is 10.1. The van der Waals surface area contributed by atoms with E-state index in [4.69, 9.17) is 5.73 Å². The summed E-state index contributed by atoms with van der Waals surface area (Å²) >= 11 is 3.54. The molecule has 1 rings (SSSR count). The van der Waals surface area contributed by atoms with Crippen molar-refractivity contribution >= 4 is 15.9 Å². The molecule has 0 aliphatic carbocycles. The van der Waals surface area contributed by atoms with E-state index >= 15 is 0 Å². The van der Waals surface area contributed by atoms with E-state index in [-0.39, 0.29) is 0 Å². The average Bonchev–Trinajstić information content (AvgIpc) is 2.20. The fraction of sp³-hybridized carbons (Fsp3) is 0.500. The second-order valence-electron chi connectivity index (χ2n) is 3.86. The van der Waals surface area contributed by atoms with E-state index in [1.165, 1.54) is 10.0 Å². The van der Waals surface area contributed by atoms with E-state index in [2.05, 4.69) is 39.4 Å². The third-order valence-corrected chi connectivity index (χ3v) is 3.08. The molecule has 0 saturated heterocycles. The zero-order valence-electron chi connectivity index (χ0n) is 9.17. The Bertz CT molecular complexity index is 287. The molecular weight excluding hydrogens is 252 g/mol. The van der Waals surface area contributed by atoms with Crippen molar-refractivity contribution in [2.45, 2.75) is 25.8 Å². The number of rotatable bonds is 6. The highest BCUT2D eigenvalue weighted by molar-refractivity contribution is 9.10. The molecule has 0 bridgehead atoms. The number of benzene rings is 1. The first-order valence-electron chi connectivity index (χ1n) is 5.40. The Morgan fingerprint density at radius 1 is 1.33 bits per heavy atom. The third kappa shape index (κ3) is 5.30. The minimum absolute atomic E-state index is 0.293. The monoisotopic (exact) mass is 270 g/mol. The first-order valence-corrected chi connectivity index (χ1v) is 6.19. The van der Waals surface area contributed by atoms with Crippen molar-refractivity contribution in [2.24, 2.45) is 5.73 Å². The zero-order chi connectivity index (χ0) is 11.1. The van der Waals surface area contributed by atoms with Crippen LogP contribution in [0, 0.1) is 0 Å². The summed E-state index contributed by atoms with van der Waals surface area (Å²) in [6.45, 7) is 4.05. The van der Waals surface area contributed by atoms with E-state index in [0.717, 1.165) is 25.9 Å². The van der Waals surface area contributed by atoms with Gasteiger partial charge in [0.05, 0.1) is 0 Å². The Morgan fingerprint density at radius 2 is 2.07 bits per heavy atom. The summed E-state index contributed by atoms with van der Waals surface area (Å²) < 4.78 is 1.19. The van der Waals surface area contributed by atoms with Crippen molar-refractivity contribution in [3.8, 4) is 0 Å². The summed E-state index contributed by atoms with van der Waals surface area (Å²) in [6.07, 6.45) is 2.09. The summed E-state index contributed by atoms with van der Waals surface area (Å²) in [5.74, 6) is 0. The molecule has 0 heterocycles. The van der Waals surface area contributed by atoms with Crippen LogP contribution in [0.3, 0.4) is 0 Å². The van der Waals surface area contributed by atoms with Crippen molar-refractivity contribution in [3.05, 3.63) is 34.3 Å². The van der Waals surface area contributed by atoms with Gasteiger partial charge < -0.3 is 11.1 Å². The number of halogens is 1. The molecule has 1 aromatic rings. The van der Waals surface area contributed by atoms with Crippen LogP contribution in [0.15, 0.2) is 28.7 Å². The van der Waals surface area contributed by atoms with Crippen molar-refractivity contribution < 1.29 is 0 Å². The molecule has 3 heteroatoms. The van der Waals surface area contributed by atoms with Crippen LogP contribution in [0.4, 0.5) is 0 Å². The van der Waals surface area contributed by atoms with E-state index < -0.39 is 0 Å². The van der Waals surface area contributed by atoms with Gasteiger partial charge in [-0.05, 0) is 44.5 Å². The molecule has 3 N–H and O–H groups in total. The van der Waals surface area contributed by atoms with Crippen LogP contribution in [-0.4, -0.2) is 19.1 Å². The smallest absolute Gasteiger partial charge is 0.0207 e. The van der Waals surface area contributed by atoms with Gasteiger partial charge in [-0.15, -0.1) is 0 Å².